The zero-order valence-electron chi connectivity index (χ0n) is 31.3. The maximum atomic E-state index is 13.4. The van der Waals surface area contributed by atoms with Crippen molar-refractivity contribution in [3.8, 4) is 0 Å². The average molecular weight is 752 g/mol. The first-order valence-electron chi connectivity index (χ1n) is 19.0. The second-order valence-corrected chi connectivity index (χ2v) is 14.3. The van der Waals surface area contributed by atoms with E-state index in [1.165, 1.54) is 11.9 Å². The molecule has 2 amide bonds. The standard InChI is InChI=1S/C46H45N3O7/c1-48-40(50)25-37(45(48)51)38-26-49(44-36(38)23-14-24-47-44)46-43(55-30-35-21-12-5-13-22-35)42(54-29-34-19-10-4-11-20-34)41(53-28-33-17-8-3-9-18-33)39(56-46)31-52-27-32-15-6-2-7-16-32/h2-24,26,37,39,41-43,46H,25,27-31H2,1H3/t37?,39-,41-,42+,43-,46?/m1/s1. The summed E-state index contributed by atoms with van der Waals surface area (Å²) in [7, 11) is 1.53. The summed E-state index contributed by atoms with van der Waals surface area (Å²) in [6.07, 6.45) is 0.288. The van der Waals surface area contributed by atoms with Crippen molar-refractivity contribution in [3.05, 3.63) is 174 Å². The molecule has 2 aliphatic heterocycles. The van der Waals surface area contributed by atoms with Crippen molar-refractivity contribution in [2.75, 3.05) is 13.7 Å². The Labute approximate surface area is 326 Å². The number of fused-ring (bicyclic) bond motifs is 1. The van der Waals surface area contributed by atoms with Crippen LogP contribution in [0.25, 0.3) is 11.0 Å². The van der Waals surface area contributed by atoms with E-state index in [0.717, 1.165) is 27.6 Å². The minimum atomic E-state index is -0.794. The molecule has 0 saturated carbocycles. The summed E-state index contributed by atoms with van der Waals surface area (Å²) in [5.74, 6) is -1.11. The van der Waals surface area contributed by atoms with Crippen LogP contribution < -0.4 is 0 Å². The van der Waals surface area contributed by atoms with Crippen molar-refractivity contribution in [3.63, 3.8) is 0 Å². The molecule has 0 bridgehead atoms. The minimum absolute atomic E-state index is 0.0803. The number of imide groups is 1. The molecule has 2 fully saturated rings. The summed E-state index contributed by atoms with van der Waals surface area (Å²) in [6.45, 7) is 1.46. The van der Waals surface area contributed by atoms with Gasteiger partial charge in [0.25, 0.3) is 0 Å². The summed E-state index contributed by atoms with van der Waals surface area (Å²) < 4.78 is 36.2. The van der Waals surface area contributed by atoms with E-state index in [1.807, 2.05) is 144 Å². The second-order valence-electron chi connectivity index (χ2n) is 14.3. The molecule has 6 atom stereocenters. The molecule has 286 valence electrons. The molecule has 8 rings (SSSR count). The van der Waals surface area contributed by atoms with E-state index in [2.05, 4.69) is 0 Å². The quantitative estimate of drug-likeness (QED) is 0.100. The topological polar surface area (TPSA) is 101 Å². The van der Waals surface area contributed by atoms with Gasteiger partial charge in [-0.15, -0.1) is 0 Å². The Morgan fingerprint density at radius 1 is 0.643 bits per heavy atom. The molecule has 4 heterocycles. The highest BCUT2D eigenvalue weighted by molar-refractivity contribution is 6.07. The van der Waals surface area contributed by atoms with E-state index in [9.17, 15) is 9.59 Å². The van der Waals surface area contributed by atoms with E-state index in [1.54, 1.807) is 6.20 Å². The molecule has 2 saturated heterocycles. The molecule has 10 nitrogen and oxygen atoms in total. The van der Waals surface area contributed by atoms with Gasteiger partial charge in [0, 0.05) is 31.2 Å². The van der Waals surface area contributed by atoms with Gasteiger partial charge in [0.2, 0.25) is 11.8 Å². The molecular formula is C46H45N3O7. The SMILES string of the molecule is CN1C(=O)CC(c2cn(C3O[C@H](COCc4ccccc4)[C@@H](OCc4ccccc4)[C@H](OCc4ccccc4)[C@H]3OCc3ccccc3)c3ncccc23)C1=O. The van der Waals surface area contributed by atoms with Gasteiger partial charge in [-0.2, -0.15) is 0 Å². The maximum absolute atomic E-state index is 13.4. The van der Waals surface area contributed by atoms with Gasteiger partial charge >= 0.3 is 0 Å². The number of likely N-dealkylation sites (tertiary alicyclic amines) is 1. The summed E-state index contributed by atoms with van der Waals surface area (Å²) in [5, 5.41) is 0.764. The number of nitrogens with zero attached hydrogens (tertiary/aromatic N) is 3. The van der Waals surface area contributed by atoms with Gasteiger partial charge in [0.1, 0.15) is 30.1 Å². The Kier molecular flexibility index (Phi) is 11.7. The molecule has 0 radical (unpaired) electrons. The van der Waals surface area contributed by atoms with Gasteiger partial charge in [-0.05, 0) is 39.9 Å². The number of rotatable bonds is 15. The van der Waals surface area contributed by atoms with Crippen molar-refractivity contribution < 1.29 is 33.3 Å². The number of likely N-dealkylation sites (N-methyl/N-ethyl adjacent to an activating group) is 1. The zero-order chi connectivity index (χ0) is 38.3. The van der Waals surface area contributed by atoms with Crippen LogP contribution in [0, 0.1) is 0 Å². The van der Waals surface area contributed by atoms with Gasteiger partial charge in [0.05, 0.1) is 39.0 Å². The number of hydrogen-bond donors (Lipinski definition) is 0. The van der Waals surface area contributed by atoms with E-state index in [0.29, 0.717) is 31.0 Å². The Hall–Kier alpha value is -5.49. The number of carbonyl (C=O) groups excluding carboxylic acids is 2. The highest BCUT2D eigenvalue weighted by Gasteiger charge is 2.50. The second kappa shape index (κ2) is 17.5. The third-order valence-corrected chi connectivity index (χ3v) is 10.5. The fourth-order valence-electron chi connectivity index (χ4n) is 7.57. The summed E-state index contributed by atoms with van der Waals surface area (Å²) in [4.78, 5) is 32.2. The molecule has 0 aliphatic carbocycles. The lowest BCUT2D eigenvalue weighted by Crippen LogP contribution is -2.59. The monoisotopic (exact) mass is 751 g/mol. The molecule has 56 heavy (non-hydrogen) atoms. The Morgan fingerprint density at radius 3 is 1.70 bits per heavy atom. The number of ether oxygens (including phenoxy) is 5. The smallest absolute Gasteiger partial charge is 0.237 e. The molecule has 0 N–H and O–H groups in total. The van der Waals surface area contributed by atoms with Crippen LogP contribution in [-0.2, 0) is 59.7 Å². The first-order chi connectivity index (χ1) is 27.5. The predicted octanol–water partition coefficient (Wildman–Crippen LogP) is 7.38. The lowest BCUT2D eigenvalue weighted by atomic mass is 9.96. The normalized spacial score (nSPS) is 22.6. The molecule has 6 aromatic rings. The van der Waals surface area contributed by atoms with Crippen molar-refractivity contribution >= 4 is 22.8 Å². The Balaban J connectivity index is 1.22. The van der Waals surface area contributed by atoms with Crippen LogP contribution in [0.5, 0.6) is 0 Å². The molecule has 10 heteroatoms. The summed E-state index contributed by atoms with van der Waals surface area (Å²) >= 11 is 0. The van der Waals surface area contributed by atoms with Crippen molar-refractivity contribution in [1.82, 2.24) is 14.5 Å². The van der Waals surface area contributed by atoms with Crippen LogP contribution in [0.4, 0.5) is 0 Å². The van der Waals surface area contributed by atoms with Gasteiger partial charge < -0.3 is 28.3 Å². The van der Waals surface area contributed by atoms with Crippen LogP contribution in [0.15, 0.2) is 146 Å². The fraction of sp³-hybridized carbons (Fsp3) is 0.283. The van der Waals surface area contributed by atoms with Gasteiger partial charge in [-0.25, -0.2) is 4.98 Å². The molecule has 2 unspecified atom stereocenters. The first-order valence-corrected chi connectivity index (χ1v) is 19.0. The van der Waals surface area contributed by atoms with Crippen molar-refractivity contribution in [2.24, 2.45) is 0 Å². The van der Waals surface area contributed by atoms with Crippen molar-refractivity contribution in [1.29, 1.82) is 0 Å². The van der Waals surface area contributed by atoms with E-state index in [4.69, 9.17) is 28.7 Å². The highest BCUT2D eigenvalue weighted by atomic mass is 16.6. The number of benzene rings is 4. The number of pyridine rings is 1. The number of amides is 2. The van der Waals surface area contributed by atoms with E-state index in [-0.39, 0.29) is 31.4 Å². The highest BCUT2D eigenvalue weighted by Crippen LogP contribution is 2.41. The predicted molar refractivity (Wildman–Crippen MR) is 210 cm³/mol. The molecule has 0 spiro atoms. The minimum Gasteiger partial charge on any atom is -0.374 e. The van der Waals surface area contributed by atoms with Gasteiger partial charge in [-0.3, -0.25) is 14.5 Å². The fourth-order valence-corrected chi connectivity index (χ4v) is 7.57. The Morgan fingerprint density at radius 2 is 1.16 bits per heavy atom. The molecular weight excluding hydrogens is 707 g/mol. The third-order valence-electron chi connectivity index (χ3n) is 10.5. The van der Waals surface area contributed by atoms with Crippen LogP contribution in [0.2, 0.25) is 0 Å². The first kappa shape index (κ1) is 37.4. The van der Waals surface area contributed by atoms with Crippen LogP contribution in [0.1, 0.15) is 46.4 Å². The lowest BCUT2D eigenvalue weighted by Gasteiger charge is -2.46. The van der Waals surface area contributed by atoms with Crippen molar-refractivity contribution in [2.45, 2.75) is 69.4 Å². The van der Waals surface area contributed by atoms with Crippen LogP contribution >= 0.6 is 0 Å². The third kappa shape index (κ3) is 8.35. The van der Waals surface area contributed by atoms with E-state index < -0.39 is 36.6 Å². The summed E-state index contributed by atoms with van der Waals surface area (Å²) in [5.41, 5.74) is 5.34. The number of carbonyl (C=O) groups is 2. The van der Waals surface area contributed by atoms with Crippen LogP contribution in [-0.4, -0.2) is 64.3 Å². The van der Waals surface area contributed by atoms with E-state index >= 15 is 0 Å². The maximum Gasteiger partial charge on any atom is 0.237 e. The Bertz CT molecular complexity index is 2200. The molecule has 2 aromatic heterocycles. The lowest BCUT2D eigenvalue weighted by molar-refractivity contribution is -0.289. The average Bonchev–Trinajstić information content (AvgIpc) is 3.75. The van der Waals surface area contributed by atoms with Crippen LogP contribution in [0.3, 0.4) is 0 Å². The number of hydrogen-bond acceptors (Lipinski definition) is 8. The zero-order valence-corrected chi connectivity index (χ0v) is 31.3. The molecule has 4 aromatic carbocycles. The number of aromatic nitrogens is 2. The molecule has 2 aliphatic rings. The summed E-state index contributed by atoms with van der Waals surface area (Å²) in [6, 6.07) is 43.8. The largest absolute Gasteiger partial charge is 0.374 e. The van der Waals surface area contributed by atoms with Gasteiger partial charge in [-0.1, -0.05) is 121 Å². The van der Waals surface area contributed by atoms with Gasteiger partial charge in [0.15, 0.2) is 6.23 Å².